The lowest BCUT2D eigenvalue weighted by molar-refractivity contribution is 0.170. The van der Waals surface area contributed by atoms with Gasteiger partial charge >= 0.3 is 6.03 Å². The monoisotopic (exact) mass is 242 g/mol. The molecule has 0 atom stereocenters. The molecule has 2 N–H and O–H groups in total. The fraction of sp³-hybridized carbons (Fsp3) is 0.923. The van der Waals surface area contributed by atoms with Gasteiger partial charge < -0.3 is 15.3 Å². The van der Waals surface area contributed by atoms with Crippen LogP contribution in [0.5, 0.6) is 0 Å². The Bertz CT molecular complexity index is 215. The molecule has 0 aromatic heterocycles. The molecule has 0 unspecified atom stereocenters. The van der Waals surface area contributed by atoms with Crippen molar-refractivity contribution in [2.24, 2.45) is 0 Å². The van der Waals surface area contributed by atoms with Crippen LogP contribution >= 0.6 is 0 Å². The SMILES string of the molecule is CCCCN(CCO)C(=O)NC1CCCCC1. The number of urea groups is 1. The van der Waals surface area contributed by atoms with E-state index in [0.717, 1.165) is 32.2 Å². The van der Waals surface area contributed by atoms with Gasteiger partial charge in [-0.3, -0.25) is 0 Å². The number of nitrogens with zero attached hydrogens (tertiary/aromatic N) is 1. The van der Waals surface area contributed by atoms with Gasteiger partial charge in [-0.25, -0.2) is 4.79 Å². The molecule has 0 aliphatic heterocycles. The molecule has 0 aromatic carbocycles. The van der Waals surface area contributed by atoms with Crippen LogP contribution in [0.25, 0.3) is 0 Å². The van der Waals surface area contributed by atoms with Crippen LogP contribution in [-0.2, 0) is 0 Å². The van der Waals surface area contributed by atoms with E-state index in [-0.39, 0.29) is 12.6 Å². The first-order valence-corrected chi connectivity index (χ1v) is 6.94. The van der Waals surface area contributed by atoms with Crippen LogP contribution < -0.4 is 5.32 Å². The zero-order chi connectivity index (χ0) is 12.5. The number of nitrogens with one attached hydrogen (secondary N) is 1. The molecule has 1 aliphatic rings. The van der Waals surface area contributed by atoms with E-state index >= 15 is 0 Å². The van der Waals surface area contributed by atoms with Crippen molar-refractivity contribution in [1.29, 1.82) is 0 Å². The van der Waals surface area contributed by atoms with Gasteiger partial charge in [0.15, 0.2) is 0 Å². The van der Waals surface area contributed by atoms with Gasteiger partial charge in [-0.05, 0) is 19.3 Å². The Labute approximate surface area is 104 Å². The number of rotatable bonds is 6. The van der Waals surface area contributed by atoms with Gasteiger partial charge in [0.1, 0.15) is 0 Å². The molecule has 0 radical (unpaired) electrons. The fourth-order valence-electron chi connectivity index (χ4n) is 2.30. The van der Waals surface area contributed by atoms with E-state index in [2.05, 4.69) is 12.2 Å². The highest BCUT2D eigenvalue weighted by Gasteiger charge is 2.19. The van der Waals surface area contributed by atoms with Crippen LogP contribution in [-0.4, -0.2) is 41.8 Å². The largest absolute Gasteiger partial charge is 0.395 e. The molecule has 0 aromatic rings. The fourth-order valence-corrected chi connectivity index (χ4v) is 2.30. The van der Waals surface area contributed by atoms with Crippen molar-refractivity contribution < 1.29 is 9.90 Å². The molecular formula is C13H26N2O2. The lowest BCUT2D eigenvalue weighted by Crippen LogP contribution is -2.46. The summed E-state index contributed by atoms with van der Waals surface area (Å²) in [5, 5.41) is 12.1. The minimum absolute atomic E-state index is 0.000556. The average molecular weight is 242 g/mol. The van der Waals surface area contributed by atoms with E-state index in [1.54, 1.807) is 4.90 Å². The Morgan fingerprint density at radius 3 is 2.59 bits per heavy atom. The van der Waals surface area contributed by atoms with Crippen LogP contribution in [0, 0.1) is 0 Å². The summed E-state index contributed by atoms with van der Waals surface area (Å²) in [6.45, 7) is 3.34. The van der Waals surface area contributed by atoms with Crippen LogP contribution in [0.15, 0.2) is 0 Å². The third kappa shape index (κ3) is 5.39. The van der Waals surface area contributed by atoms with Crippen molar-refractivity contribution in [1.82, 2.24) is 10.2 Å². The normalized spacial score (nSPS) is 16.8. The number of carbonyl (C=O) groups is 1. The first-order valence-electron chi connectivity index (χ1n) is 6.94. The Kier molecular flexibility index (Phi) is 7.01. The van der Waals surface area contributed by atoms with Crippen LogP contribution in [0.1, 0.15) is 51.9 Å². The number of hydrogen-bond donors (Lipinski definition) is 2. The number of aliphatic hydroxyl groups is 1. The Hall–Kier alpha value is -0.770. The summed E-state index contributed by atoms with van der Waals surface area (Å²) >= 11 is 0. The molecule has 1 aliphatic carbocycles. The minimum atomic E-state index is -0.000556. The van der Waals surface area contributed by atoms with E-state index in [0.29, 0.717) is 12.6 Å². The van der Waals surface area contributed by atoms with Crippen molar-refractivity contribution in [3.8, 4) is 0 Å². The zero-order valence-electron chi connectivity index (χ0n) is 11.0. The van der Waals surface area contributed by atoms with Gasteiger partial charge in [0.2, 0.25) is 0 Å². The molecule has 4 heteroatoms. The van der Waals surface area contributed by atoms with Gasteiger partial charge in [0, 0.05) is 19.1 Å². The molecule has 1 saturated carbocycles. The summed E-state index contributed by atoms with van der Waals surface area (Å²) < 4.78 is 0. The second-order valence-electron chi connectivity index (χ2n) is 4.85. The first-order chi connectivity index (χ1) is 8.27. The van der Waals surface area contributed by atoms with Crippen LogP contribution in [0.2, 0.25) is 0 Å². The summed E-state index contributed by atoms with van der Waals surface area (Å²) in [5.74, 6) is 0. The summed E-state index contributed by atoms with van der Waals surface area (Å²) in [7, 11) is 0. The topological polar surface area (TPSA) is 52.6 Å². The minimum Gasteiger partial charge on any atom is -0.395 e. The molecule has 0 bridgehead atoms. The highest BCUT2D eigenvalue weighted by molar-refractivity contribution is 5.74. The van der Waals surface area contributed by atoms with Crippen LogP contribution in [0.4, 0.5) is 4.79 Å². The van der Waals surface area contributed by atoms with Crippen molar-refractivity contribution >= 4 is 6.03 Å². The first kappa shape index (κ1) is 14.3. The lowest BCUT2D eigenvalue weighted by atomic mass is 9.96. The molecule has 1 fully saturated rings. The number of aliphatic hydroxyl groups excluding tert-OH is 1. The molecular weight excluding hydrogens is 216 g/mol. The molecule has 0 heterocycles. The van der Waals surface area contributed by atoms with E-state index < -0.39 is 0 Å². The molecule has 17 heavy (non-hydrogen) atoms. The van der Waals surface area contributed by atoms with Crippen molar-refractivity contribution in [3.05, 3.63) is 0 Å². The third-order valence-corrected chi connectivity index (χ3v) is 3.37. The molecule has 0 spiro atoms. The maximum atomic E-state index is 12.0. The number of carbonyl (C=O) groups excluding carboxylic acids is 1. The molecule has 2 amide bonds. The van der Waals surface area contributed by atoms with Gasteiger partial charge in [0.25, 0.3) is 0 Å². The molecule has 4 nitrogen and oxygen atoms in total. The van der Waals surface area contributed by atoms with Gasteiger partial charge in [-0.2, -0.15) is 0 Å². The van der Waals surface area contributed by atoms with E-state index in [4.69, 9.17) is 5.11 Å². The third-order valence-electron chi connectivity index (χ3n) is 3.37. The highest BCUT2D eigenvalue weighted by atomic mass is 16.3. The predicted molar refractivity (Wildman–Crippen MR) is 69.0 cm³/mol. The summed E-state index contributed by atoms with van der Waals surface area (Å²) in [5.41, 5.74) is 0. The summed E-state index contributed by atoms with van der Waals surface area (Å²) in [6.07, 6.45) is 8.01. The Morgan fingerprint density at radius 1 is 1.29 bits per heavy atom. The van der Waals surface area contributed by atoms with Gasteiger partial charge in [-0.1, -0.05) is 32.6 Å². The summed E-state index contributed by atoms with van der Waals surface area (Å²) in [4.78, 5) is 13.7. The Morgan fingerprint density at radius 2 is 2.00 bits per heavy atom. The standard InChI is InChI=1S/C13H26N2O2/c1-2-3-9-15(10-11-16)13(17)14-12-7-5-4-6-8-12/h12,16H,2-11H2,1H3,(H,14,17). The molecule has 1 rings (SSSR count). The Balaban J connectivity index is 2.34. The van der Waals surface area contributed by atoms with E-state index in [1.165, 1.54) is 19.3 Å². The average Bonchev–Trinajstić information content (AvgIpc) is 2.35. The number of hydrogen-bond acceptors (Lipinski definition) is 2. The summed E-state index contributed by atoms with van der Waals surface area (Å²) in [6, 6.07) is 0.346. The van der Waals surface area contributed by atoms with Crippen molar-refractivity contribution in [2.45, 2.75) is 57.9 Å². The predicted octanol–water partition coefficient (Wildman–Crippen LogP) is 2.12. The second kappa shape index (κ2) is 8.34. The van der Waals surface area contributed by atoms with E-state index in [9.17, 15) is 4.79 Å². The molecule has 0 saturated heterocycles. The number of unbranched alkanes of at least 4 members (excludes halogenated alkanes) is 1. The van der Waals surface area contributed by atoms with Crippen molar-refractivity contribution in [3.63, 3.8) is 0 Å². The van der Waals surface area contributed by atoms with Gasteiger partial charge in [0.05, 0.1) is 6.61 Å². The second-order valence-corrected chi connectivity index (χ2v) is 4.85. The van der Waals surface area contributed by atoms with Crippen LogP contribution in [0.3, 0.4) is 0 Å². The molecule has 100 valence electrons. The van der Waals surface area contributed by atoms with Gasteiger partial charge in [-0.15, -0.1) is 0 Å². The quantitative estimate of drug-likeness (QED) is 0.749. The maximum absolute atomic E-state index is 12.0. The number of amides is 2. The van der Waals surface area contributed by atoms with E-state index in [1.807, 2.05) is 0 Å². The highest BCUT2D eigenvalue weighted by Crippen LogP contribution is 2.17. The maximum Gasteiger partial charge on any atom is 0.317 e. The zero-order valence-corrected chi connectivity index (χ0v) is 11.0. The smallest absolute Gasteiger partial charge is 0.317 e. The lowest BCUT2D eigenvalue weighted by Gasteiger charge is -2.28. The van der Waals surface area contributed by atoms with Crippen molar-refractivity contribution in [2.75, 3.05) is 19.7 Å².